The number of carbonyl (C=O) groups excluding carboxylic acids is 2. The first-order valence-electron chi connectivity index (χ1n) is 21.2. The van der Waals surface area contributed by atoms with Gasteiger partial charge in [0, 0.05) is 26.0 Å². The molecule has 314 valence electrons. The van der Waals surface area contributed by atoms with Crippen molar-refractivity contribution in [3.8, 4) is 0 Å². The summed E-state index contributed by atoms with van der Waals surface area (Å²) in [4.78, 5) is 34.8. The highest BCUT2D eigenvalue weighted by molar-refractivity contribution is 7.47. The number of unbranched alkanes of at least 4 members (excludes halogenated alkanes) is 18. The van der Waals surface area contributed by atoms with Crippen molar-refractivity contribution in [1.29, 1.82) is 0 Å². The van der Waals surface area contributed by atoms with E-state index in [2.05, 4.69) is 49.5 Å². The third-order valence-corrected chi connectivity index (χ3v) is 9.76. The van der Waals surface area contributed by atoms with E-state index in [1.54, 1.807) is 0 Å². The van der Waals surface area contributed by atoms with Crippen LogP contribution in [0.3, 0.4) is 0 Å². The van der Waals surface area contributed by atoms with Crippen LogP contribution in [0.15, 0.2) is 48.6 Å². The number of ether oxygens (including phenoxy) is 2. The molecule has 0 saturated carbocycles. The van der Waals surface area contributed by atoms with Gasteiger partial charge in [-0.05, 0) is 57.8 Å². The van der Waals surface area contributed by atoms with Crippen LogP contribution in [0.5, 0.6) is 0 Å². The van der Waals surface area contributed by atoms with Crippen molar-refractivity contribution in [2.45, 2.75) is 180 Å². The molecule has 10 nitrogen and oxygen atoms in total. The van der Waals surface area contributed by atoms with E-state index in [9.17, 15) is 19.0 Å². The number of aliphatic hydroxyl groups is 1. The van der Waals surface area contributed by atoms with Gasteiger partial charge >= 0.3 is 19.8 Å². The number of aliphatic hydroxyl groups excluding tert-OH is 1. The maximum absolute atomic E-state index is 12.5. The molecule has 0 saturated heterocycles. The van der Waals surface area contributed by atoms with Crippen LogP contribution >= 0.6 is 7.82 Å². The maximum atomic E-state index is 12.5. The van der Waals surface area contributed by atoms with Crippen molar-refractivity contribution < 1.29 is 42.7 Å². The van der Waals surface area contributed by atoms with Crippen molar-refractivity contribution in [2.75, 3.05) is 33.0 Å². The van der Waals surface area contributed by atoms with Gasteiger partial charge < -0.3 is 25.2 Å². The Bertz CT molecular complexity index is 1030. The van der Waals surface area contributed by atoms with E-state index in [-0.39, 0.29) is 39.2 Å². The zero-order chi connectivity index (χ0) is 39.6. The number of hydrogen-bond acceptors (Lipinski definition) is 9. The Kier molecular flexibility index (Phi) is 39.0. The number of carbonyl (C=O) groups is 2. The van der Waals surface area contributed by atoms with E-state index in [1.807, 2.05) is 6.08 Å². The average molecular weight is 784 g/mol. The number of phosphoric ester groups is 1. The number of allylic oxidation sites excluding steroid dienone is 8. The summed E-state index contributed by atoms with van der Waals surface area (Å²) < 4.78 is 32.7. The molecule has 0 spiro atoms. The third kappa shape index (κ3) is 39.6. The Labute approximate surface area is 329 Å². The highest BCUT2D eigenvalue weighted by Crippen LogP contribution is 2.43. The molecule has 2 atom stereocenters. The predicted molar refractivity (Wildman–Crippen MR) is 221 cm³/mol. The lowest BCUT2D eigenvalue weighted by atomic mass is 10.0. The molecule has 0 aromatic rings. The van der Waals surface area contributed by atoms with Crippen LogP contribution in [0.25, 0.3) is 0 Å². The van der Waals surface area contributed by atoms with Gasteiger partial charge in [-0.1, -0.05) is 152 Å². The molecule has 54 heavy (non-hydrogen) atoms. The Hall–Kier alpha value is -2.07. The Morgan fingerprint density at radius 3 is 1.57 bits per heavy atom. The van der Waals surface area contributed by atoms with Crippen LogP contribution in [-0.4, -0.2) is 61.0 Å². The van der Waals surface area contributed by atoms with Crippen LogP contribution < -0.4 is 5.73 Å². The zero-order valence-electron chi connectivity index (χ0n) is 33.9. The molecule has 1 unspecified atom stereocenters. The molecule has 0 rings (SSSR count). The number of hydrogen-bond donors (Lipinski definition) is 3. The molecule has 0 aliphatic heterocycles. The lowest BCUT2D eigenvalue weighted by Gasteiger charge is -2.19. The minimum absolute atomic E-state index is 0.0396. The summed E-state index contributed by atoms with van der Waals surface area (Å²) in [6.07, 6.45) is 43.0. The number of phosphoric acid groups is 1. The first-order valence-corrected chi connectivity index (χ1v) is 22.7. The van der Waals surface area contributed by atoms with E-state index < -0.39 is 32.5 Å². The molecule has 0 aromatic heterocycles. The normalized spacial score (nSPS) is 13.8. The highest BCUT2D eigenvalue weighted by Gasteiger charge is 2.25. The van der Waals surface area contributed by atoms with Crippen molar-refractivity contribution >= 4 is 19.8 Å². The summed E-state index contributed by atoms with van der Waals surface area (Å²) in [5, 5.41) is 8.79. The van der Waals surface area contributed by atoms with Crippen molar-refractivity contribution in [3.05, 3.63) is 48.6 Å². The molecule has 0 amide bonds. The average Bonchev–Trinajstić information content (AvgIpc) is 3.16. The van der Waals surface area contributed by atoms with Gasteiger partial charge in [0.05, 0.1) is 13.2 Å². The smallest absolute Gasteiger partial charge is 0.462 e. The second-order valence-corrected chi connectivity index (χ2v) is 15.4. The Morgan fingerprint density at radius 2 is 1.06 bits per heavy atom. The number of esters is 2. The van der Waals surface area contributed by atoms with Crippen LogP contribution in [0.1, 0.15) is 174 Å². The molecular weight excluding hydrogens is 705 g/mol. The summed E-state index contributed by atoms with van der Waals surface area (Å²) >= 11 is 0. The standard InChI is InChI=1S/C43H78NO9P/c1-2-3-4-5-6-7-8-9-13-16-19-22-25-28-31-34-42(46)50-39-41(40-52-54(48,49)51-38-36-44)53-43(47)35-32-29-26-23-20-17-14-11-10-12-15-18-21-24-27-30-33-37-45/h10,12,14,17-18,21,23,26,41,45H,2-9,11,13,15-16,19-20,22,24-25,27-40,44H2,1H3,(H,48,49)/b12-10-,17-14-,21-18-,26-23-/t41-/m1/s1. The molecule has 0 aliphatic rings. The third-order valence-electron chi connectivity index (χ3n) is 8.77. The van der Waals surface area contributed by atoms with E-state index in [1.165, 1.54) is 77.0 Å². The summed E-state index contributed by atoms with van der Waals surface area (Å²) in [5.41, 5.74) is 5.34. The first kappa shape index (κ1) is 51.9. The van der Waals surface area contributed by atoms with Gasteiger partial charge in [-0.25, -0.2) is 4.57 Å². The largest absolute Gasteiger partial charge is 0.472 e. The molecule has 0 heterocycles. The molecule has 4 N–H and O–H groups in total. The monoisotopic (exact) mass is 784 g/mol. The lowest BCUT2D eigenvalue weighted by Crippen LogP contribution is -2.29. The van der Waals surface area contributed by atoms with Crippen LogP contribution in [-0.2, 0) is 32.7 Å². The fourth-order valence-electron chi connectivity index (χ4n) is 5.61. The number of rotatable bonds is 40. The SMILES string of the molecule is CCCCCCCCCCCCCCCCCC(=O)OC[C@H](COP(=O)(O)OCCN)OC(=O)CCC/C=C\C/C=C\C/C=C\C/C=C\CCCCCO. The first-order chi connectivity index (χ1) is 26.3. The Balaban J connectivity index is 4.25. The van der Waals surface area contributed by atoms with E-state index in [0.29, 0.717) is 12.8 Å². The van der Waals surface area contributed by atoms with Gasteiger partial charge in [0.2, 0.25) is 0 Å². The Morgan fingerprint density at radius 1 is 0.593 bits per heavy atom. The molecular formula is C43H78NO9P. The van der Waals surface area contributed by atoms with Crippen molar-refractivity contribution in [1.82, 2.24) is 0 Å². The zero-order valence-corrected chi connectivity index (χ0v) is 34.8. The van der Waals surface area contributed by atoms with Crippen molar-refractivity contribution in [3.63, 3.8) is 0 Å². The molecule has 0 radical (unpaired) electrons. The second-order valence-electron chi connectivity index (χ2n) is 13.9. The summed E-state index contributed by atoms with van der Waals surface area (Å²) in [6, 6.07) is 0. The van der Waals surface area contributed by atoms with Crippen molar-refractivity contribution in [2.24, 2.45) is 5.73 Å². The van der Waals surface area contributed by atoms with Crippen LogP contribution in [0, 0.1) is 0 Å². The molecule has 0 aliphatic carbocycles. The van der Waals surface area contributed by atoms with E-state index in [4.69, 9.17) is 29.4 Å². The van der Waals surface area contributed by atoms with Gasteiger partial charge in [0.1, 0.15) is 6.61 Å². The van der Waals surface area contributed by atoms with Gasteiger partial charge in [-0.2, -0.15) is 0 Å². The minimum Gasteiger partial charge on any atom is -0.462 e. The fourth-order valence-corrected chi connectivity index (χ4v) is 6.37. The molecule has 0 aromatic carbocycles. The maximum Gasteiger partial charge on any atom is 0.472 e. The minimum atomic E-state index is -4.40. The summed E-state index contributed by atoms with van der Waals surface area (Å²) in [6.45, 7) is 1.67. The molecule has 0 fully saturated rings. The fraction of sp³-hybridized carbons (Fsp3) is 0.767. The summed E-state index contributed by atoms with van der Waals surface area (Å²) in [7, 11) is -4.40. The molecule has 0 bridgehead atoms. The van der Waals surface area contributed by atoms with Gasteiger partial charge in [0.25, 0.3) is 0 Å². The van der Waals surface area contributed by atoms with Crippen LogP contribution in [0.4, 0.5) is 0 Å². The lowest BCUT2D eigenvalue weighted by molar-refractivity contribution is -0.161. The van der Waals surface area contributed by atoms with Gasteiger partial charge in [-0.15, -0.1) is 0 Å². The van der Waals surface area contributed by atoms with E-state index in [0.717, 1.165) is 64.2 Å². The van der Waals surface area contributed by atoms with E-state index >= 15 is 0 Å². The quantitative estimate of drug-likeness (QED) is 0.0237. The topological polar surface area (TPSA) is 155 Å². The van der Waals surface area contributed by atoms with Gasteiger partial charge in [-0.3, -0.25) is 18.6 Å². The number of nitrogens with two attached hydrogens (primary N) is 1. The summed E-state index contributed by atoms with van der Waals surface area (Å²) in [5.74, 6) is -0.906. The van der Waals surface area contributed by atoms with Crippen LogP contribution in [0.2, 0.25) is 0 Å². The van der Waals surface area contributed by atoms with Gasteiger partial charge in [0.15, 0.2) is 6.10 Å². The predicted octanol–water partition coefficient (Wildman–Crippen LogP) is 10.9. The highest BCUT2D eigenvalue weighted by atomic mass is 31.2. The second kappa shape index (κ2) is 40.6. The molecule has 11 heteroatoms.